The van der Waals surface area contributed by atoms with Crippen molar-refractivity contribution < 1.29 is 13.6 Å². The van der Waals surface area contributed by atoms with Gasteiger partial charge in [-0.05, 0) is 62.7 Å². The van der Waals surface area contributed by atoms with Crippen LogP contribution in [-0.2, 0) is 6.54 Å². The third-order valence-corrected chi connectivity index (χ3v) is 4.08. The van der Waals surface area contributed by atoms with Gasteiger partial charge >= 0.3 is 0 Å². The summed E-state index contributed by atoms with van der Waals surface area (Å²) in [5.74, 6) is 0.0862. The SMILES string of the molecule is Cc1ccc(F)c(NC(=O)c2ccc(CN3CCCCC3)o2)c1. The molecule has 1 amide bonds. The predicted molar refractivity (Wildman–Crippen MR) is 86.9 cm³/mol. The second-order valence-electron chi connectivity index (χ2n) is 6.04. The molecule has 2 aromatic rings. The highest BCUT2D eigenvalue weighted by atomic mass is 19.1. The normalized spacial score (nSPS) is 15.6. The summed E-state index contributed by atoms with van der Waals surface area (Å²) >= 11 is 0. The highest BCUT2D eigenvalue weighted by Crippen LogP contribution is 2.19. The number of rotatable bonds is 4. The van der Waals surface area contributed by atoms with Crippen LogP contribution in [0.25, 0.3) is 0 Å². The average molecular weight is 316 g/mol. The van der Waals surface area contributed by atoms with Gasteiger partial charge in [0.2, 0.25) is 0 Å². The lowest BCUT2D eigenvalue weighted by molar-refractivity contribution is 0.0991. The van der Waals surface area contributed by atoms with Gasteiger partial charge in [0.15, 0.2) is 5.76 Å². The summed E-state index contributed by atoms with van der Waals surface area (Å²) in [5, 5.41) is 2.56. The fourth-order valence-electron chi connectivity index (χ4n) is 2.84. The molecule has 0 bridgehead atoms. The van der Waals surface area contributed by atoms with Crippen LogP contribution in [0, 0.1) is 12.7 Å². The Morgan fingerprint density at radius 1 is 1.22 bits per heavy atom. The van der Waals surface area contributed by atoms with Crippen molar-refractivity contribution in [1.82, 2.24) is 4.90 Å². The highest BCUT2D eigenvalue weighted by molar-refractivity contribution is 6.02. The van der Waals surface area contributed by atoms with E-state index in [1.807, 2.05) is 13.0 Å². The molecule has 23 heavy (non-hydrogen) atoms. The van der Waals surface area contributed by atoms with Crippen LogP contribution < -0.4 is 5.32 Å². The number of halogens is 1. The van der Waals surface area contributed by atoms with E-state index in [9.17, 15) is 9.18 Å². The first-order chi connectivity index (χ1) is 11.1. The van der Waals surface area contributed by atoms with E-state index in [0.717, 1.165) is 24.4 Å². The van der Waals surface area contributed by atoms with E-state index in [1.165, 1.54) is 25.3 Å². The molecule has 1 aromatic heterocycles. The maximum atomic E-state index is 13.7. The van der Waals surface area contributed by atoms with Crippen molar-refractivity contribution in [3.05, 3.63) is 53.2 Å². The van der Waals surface area contributed by atoms with E-state index in [1.54, 1.807) is 18.2 Å². The minimum Gasteiger partial charge on any atom is -0.455 e. The number of amides is 1. The second kappa shape index (κ2) is 6.96. The van der Waals surface area contributed by atoms with E-state index >= 15 is 0 Å². The van der Waals surface area contributed by atoms with Gasteiger partial charge in [0, 0.05) is 0 Å². The number of anilines is 1. The summed E-state index contributed by atoms with van der Waals surface area (Å²) in [6.07, 6.45) is 3.70. The number of carbonyl (C=O) groups is 1. The largest absolute Gasteiger partial charge is 0.455 e. The lowest BCUT2D eigenvalue weighted by atomic mass is 10.1. The fourth-order valence-corrected chi connectivity index (χ4v) is 2.84. The van der Waals surface area contributed by atoms with E-state index in [4.69, 9.17) is 4.42 Å². The van der Waals surface area contributed by atoms with Crippen molar-refractivity contribution in [2.75, 3.05) is 18.4 Å². The Morgan fingerprint density at radius 2 is 2.00 bits per heavy atom. The number of likely N-dealkylation sites (tertiary alicyclic amines) is 1. The van der Waals surface area contributed by atoms with Gasteiger partial charge in [-0.3, -0.25) is 9.69 Å². The fraction of sp³-hybridized carbons (Fsp3) is 0.389. The van der Waals surface area contributed by atoms with Gasteiger partial charge in [-0.1, -0.05) is 12.5 Å². The van der Waals surface area contributed by atoms with Crippen LogP contribution in [0.2, 0.25) is 0 Å². The highest BCUT2D eigenvalue weighted by Gasteiger charge is 2.16. The van der Waals surface area contributed by atoms with Crippen LogP contribution in [0.5, 0.6) is 0 Å². The van der Waals surface area contributed by atoms with Crippen molar-refractivity contribution in [2.45, 2.75) is 32.7 Å². The van der Waals surface area contributed by atoms with Crippen molar-refractivity contribution >= 4 is 11.6 Å². The number of piperidine rings is 1. The van der Waals surface area contributed by atoms with Gasteiger partial charge in [0.25, 0.3) is 5.91 Å². The van der Waals surface area contributed by atoms with Crippen LogP contribution in [-0.4, -0.2) is 23.9 Å². The Morgan fingerprint density at radius 3 is 2.78 bits per heavy atom. The van der Waals surface area contributed by atoms with Gasteiger partial charge in [-0.2, -0.15) is 0 Å². The number of aryl methyl sites for hydroxylation is 1. The van der Waals surface area contributed by atoms with Gasteiger partial charge < -0.3 is 9.73 Å². The van der Waals surface area contributed by atoms with E-state index in [2.05, 4.69) is 10.2 Å². The van der Waals surface area contributed by atoms with Crippen molar-refractivity contribution in [3.63, 3.8) is 0 Å². The smallest absolute Gasteiger partial charge is 0.291 e. The minimum atomic E-state index is -0.455. The number of nitrogens with zero attached hydrogens (tertiary/aromatic N) is 1. The quantitative estimate of drug-likeness (QED) is 0.928. The maximum Gasteiger partial charge on any atom is 0.291 e. The molecule has 1 aliphatic heterocycles. The van der Waals surface area contributed by atoms with Crippen LogP contribution in [0.4, 0.5) is 10.1 Å². The van der Waals surface area contributed by atoms with Crippen LogP contribution in [0.3, 0.4) is 0 Å². The molecule has 1 aromatic carbocycles. The lowest BCUT2D eigenvalue weighted by Gasteiger charge is -2.25. The predicted octanol–water partition coefficient (Wildman–Crippen LogP) is 3.97. The van der Waals surface area contributed by atoms with Gasteiger partial charge in [-0.15, -0.1) is 0 Å². The Labute approximate surface area is 135 Å². The number of hydrogen-bond donors (Lipinski definition) is 1. The van der Waals surface area contributed by atoms with Crippen LogP contribution >= 0.6 is 0 Å². The number of carbonyl (C=O) groups excluding carboxylic acids is 1. The lowest BCUT2D eigenvalue weighted by Crippen LogP contribution is -2.28. The molecule has 2 heterocycles. The minimum absolute atomic E-state index is 0.170. The Hall–Kier alpha value is -2.14. The molecule has 0 atom stereocenters. The molecule has 0 saturated carbocycles. The Balaban J connectivity index is 1.65. The third kappa shape index (κ3) is 3.99. The molecule has 3 rings (SSSR count). The average Bonchev–Trinajstić information content (AvgIpc) is 3.00. The zero-order valence-corrected chi connectivity index (χ0v) is 13.3. The van der Waals surface area contributed by atoms with Crippen molar-refractivity contribution in [2.24, 2.45) is 0 Å². The molecule has 4 nitrogen and oxygen atoms in total. The van der Waals surface area contributed by atoms with E-state index in [0.29, 0.717) is 6.54 Å². The maximum absolute atomic E-state index is 13.7. The van der Waals surface area contributed by atoms with E-state index < -0.39 is 11.7 Å². The molecule has 0 unspecified atom stereocenters. The van der Waals surface area contributed by atoms with Crippen molar-refractivity contribution in [1.29, 1.82) is 0 Å². The molecule has 1 saturated heterocycles. The Bertz CT molecular complexity index is 690. The molecule has 0 radical (unpaired) electrons. The molecule has 1 aliphatic rings. The summed E-state index contributed by atoms with van der Waals surface area (Å²) in [7, 11) is 0. The summed E-state index contributed by atoms with van der Waals surface area (Å²) in [4.78, 5) is 14.5. The van der Waals surface area contributed by atoms with Gasteiger partial charge in [0.1, 0.15) is 11.6 Å². The topological polar surface area (TPSA) is 45.5 Å². The first-order valence-corrected chi connectivity index (χ1v) is 8.00. The molecule has 1 N–H and O–H groups in total. The van der Waals surface area contributed by atoms with Crippen LogP contribution in [0.15, 0.2) is 34.7 Å². The molecule has 5 heteroatoms. The Kier molecular flexibility index (Phi) is 4.76. The molecular formula is C18H21FN2O2. The number of hydrogen-bond acceptors (Lipinski definition) is 3. The number of nitrogens with one attached hydrogen (secondary N) is 1. The summed E-state index contributed by atoms with van der Waals surface area (Å²) in [6, 6.07) is 8.06. The van der Waals surface area contributed by atoms with E-state index in [-0.39, 0.29) is 11.4 Å². The summed E-state index contributed by atoms with van der Waals surface area (Å²) in [5.41, 5.74) is 1.05. The summed E-state index contributed by atoms with van der Waals surface area (Å²) < 4.78 is 19.3. The third-order valence-electron chi connectivity index (χ3n) is 4.08. The number of furan rings is 1. The zero-order chi connectivity index (χ0) is 16.2. The first kappa shape index (κ1) is 15.7. The van der Waals surface area contributed by atoms with Gasteiger partial charge in [-0.25, -0.2) is 4.39 Å². The number of benzene rings is 1. The standard InChI is InChI=1S/C18H21FN2O2/c1-13-5-7-15(19)16(11-13)20-18(22)17-8-6-14(23-17)12-21-9-3-2-4-10-21/h5-8,11H,2-4,9-10,12H2,1H3,(H,20,22). The summed E-state index contributed by atoms with van der Waals surface area (Å²) in [6.45, 7) is 4.69. The monoisotopic (exact) mass is 316 g/mol. The zero-order valence-electron chi connectivity index (χ0n) is 13.3. The molecule has 1 fully saturated rings. The van der Waals surface area contributed by atoms with Gasteiger partial charge in [0.05, 0.1) is 12.2 Å². The molecule has 0 spiro atoms. The van der Waals surface area contributed by atoms with Crippen LogP contribution in [0.1, 0.15) is 41.1 Å². The molecule has 122 valence electrons. The second-order valence-corrected chi connectivity index (χ2v) is 6.04. The molecular weight excluding hydrogens is 295 g/mol. The molecule has 0 aliphatic carbocycles. The van der Waals surface area contributed by atoms with Crippen molar-refractivity contribution in [3.8, 4) is 0 Å². The first-order valence-electron chi connectivity index (χ1n) is 8.00.